The van der Waals surface area contributed by atoms with E-state index in [9.17, 15) is 18.6 Å². The van der Waals surface area contributed by atoms with Crippen LogP contribution in [0.25, 0.3) is 0 Å². The third-order valence-corrected chi connectivity index (χ3v) is 9.24. The number of methoxy groups -OCH3 is 1. The molecule has 9 heteroatoms. The van der Waals surface area contributed by atoms with Crippen molar-refractivity contribution < 1.29 is 37.6 Å². The van der Waals surface area contributed by atoms with Gasteiger partial charge in [0.05, 0.1) is 23.0 Å². The minimum absolute atomic E-state index is 0.0249. The molecule has 0 bridgehead atoms. The second-order valence-corrected chi connectivity index (χ2v) is 12.9. The molecular weight excluding hydrogens is 580 g/mol. The van der Waals surface area contributed by atoms with E-state index in [-0.39, 0.29) is 35.0 Å². The summed E-state index contributed by atoms with van der Waals surface area (Å²) in [5.41, 5.74) is 2.07. The third kappa shape index (κ3) is 8.31. The summed E-state index contributed by atoms with van der Waals surface area (Å²) in [6.45, 7) is 6.31. The molecule has 4 aromatic rings. The van der Waals surface area contributed by atoms with Gasteiger partial charge in [0.15, 0.2) is 0 Å². The first kappa shape index (κ1) is 32.9. The molecule has 0 aromatic heterocycles. The van der Waals surface area contributed by atoms with Gasteiger partial charge in [0.25, 0.3) is 0 Å². The van der Waals surface area contributed by atoms with Gasteiger partial charge >= 0.3 is 0 Å². The fourth-order valence-electron chi connectivity index (χ4n) is 4.45. The van der Waals surface area contributed by atoms with Gasteiger partial charge in [-0.15, -0.1) is 0 Å². The van der Waals surface area contributed by atoms with Crippen molar-refractivity contribution in [3.8, 4) is 23.0 Å². The highest BCUT2D eigenvalue weighted by molar-refractivity contribution is 7.91. The molecule has 4 rings (SSSR count). The third-order valence-electron chi connectivity index (χ3n) is 7.45. The van der Waals surface area contributed by atoms with Crippen LogP contribution in [0.15, 0.2) is 107 Å². The van der Waals surface area contributed by atoms with Gasteiger partial charge in [-0.1, -0.05) is 45.0 Å². The molecule has 2 atom stereocenters. The molecule has 0 heterocycles. The molecule has 234 valence electrons. The van der Waals surface area contributed by atoms with Crippen molar-refractivity contribution >= 4 is 9.84 Å². The molecule has 0 saturated carbocycles. The molecular formula is C35H40O8S. The number of sulfone groups is 1. The second kappa shape index (κ2) is 14.6. The fourth-order valence-corrected chi connectivity index (χ4v) is 5.71. The van der Waals surface area contributed by atoms with Crippen molar-refractivity contribution in [1.82, 2.24) is 0 Å². The van der Waals surface area contributed by atoms with Crippen molar-refractivity contribution in [2.75, 3.05) is 26.9 Å². The lowest BCUT2D eigenvalue weighted by molar-refractivity contribution is 0.0626. The molecule has 0 aliphatic rings. The van der Waals surface area contributed by atoms with E-state index in [4.69, 9.17) is 18.9 Å². The lowest BCUT2D eigenvalue weighted by Crippen LogP contribution is -2.25. The van der Waals surface area contributed by atoms with Crippen LogP contribution in [0.3, 0.4) is 0 Å². The molecule has 44 heavy (non-hydrogen) atoms. The number of hydrogen-bond acceptors (Lipinski definition) is 8. The minimum atomic E-state index is -3.75. The Morgan fingerprint density at radius 3 is 1.30 bits per heavy atom. The summed E-state index contributed by atoms with van der Waals surface area (Å²) in [5.74, 6) is 2.35. The monoisotopic (exact) mass is 620 g/mol. The summed E-state index contributed by atoms with van der Waals surface area (Å²) in [6, 6.07) is 27.9. The van der Waals surface area contributed by atoms with Crippen LogP contribution in [-0.4, -0.2) is 57.8 Å². The van der Waals surface area contributed by atoms with Gasteiger partial charge in [0.2, 0.25) is 9.84 Å². The molecule has 8 nitrogen and oxygen atoms in total. The number of aliphatic hydroxyl groups is 2. The van der Waals surface area contributed by atoms with Gasteiger partial charge < -0.3 is 29.2 Å². The average Bonchev–Trinajstić information content (AvgIpc) is 3.05. The summed E-state index contributed by atoms with van der Waals surface area (Å²) < 4.78 is 48.3. The highest BCUT2D eigenvalue weighted by Crippen LogP contribution is 2.33. The SMILES string of the molecule is CCC(O)COc1ccc(S(=O)(=O)c2ccc(OCC(O)COc3ccc(C(C)(C)c4ccc(OC)cc4)cc3)cc2)cc1. The maximum atomic E-state index is 13.0. The second-order valence-electron chi connectivity index (χ2n) is 11.0. The highest BCUT2D eigenvalue weighted by atomic mass is 32.2. The van der Waals surface area contributed by atoms with Crippen LogP contribution in [0.5, 0.6) is 23.0 Å². The Labute approximate surface area is 259 Å². The van der Waals surface area contributed by atoms with Crippen molar-refractivity contribution in [2.24, 2.45) is 0 Å². The van der Waals surface area contributed by atoms with Crippen LogP contribution >= 0.6 is 0 Å². The van der Waals surface area contributed by atoms with Crippen molar-refractivity contribution in [1.29, 1.82) is 0 Å². The normalized spacial score (nSPS) is 13.1. The van der Waals surface area contributed by atoms with Crippen LogP contribution in [0.4, 0.5) is 0 Å². The molecule has 2 N–H and O–H groups in total. The van der Waals surface area contributed by atoms with E-state index >= 15 is 0 Å². The predicted octanol–water partition coefficient (Wildman–Crippen LogP) is 5.82. The van der Waals surface area contributed by atoms with Crippen LogP contribution in [-0.2, 0) is 15.3 Å². The van der Waals surface area contributed by atoms with E-state index in [1.165, 1.54) is 24.3 Å². The smallest absolute Gasteiger partial charge is 0.206 e. The van der Waals surface area contributed by atoms with Crippen LogP contribution < -0.4 is 18.9 Å². The van der Waals surface area contributed by atoms with E-state index in [1.807, 2.05) is 43.3 Å². The lowest BCUT2D eigenvalue weighted by Gasteiger charge is -2.26. The molecule has 4 aromatic carbocycles. The van der Waals surface area contributed by atoms with Gasteiger partial charge in [-0.3, -0.25) is 0 Å². The van der Waals surface area contributed by atoms with Crippen molar-refractivity contribution in [3.05, 3.63) is 108 Å². The lowest BCUT2D eigenvalue weighted by atomic mass is 9.78. The van der Waals surface area contributed by atoms with Crippen molar-refractivity contribution in [2.45, 2.75) is 54.6 Å². The van der Waals surface area contributed by atoms with E-state index < -0.39 is 22.0 Å². The zero-order valence-electron chi connectivity index (χ0n) is 25.5. The summed E-state index contributed by atoms with van der Waals surface area (Å²) >= 11 is 0. The fraction of sp³-hybridized carbons (Fsp3) is 0.314. The van der Waals surface area contributed by atoms with Gasteiger partial charge in [-0.2, -0.15) is 0 Å². The van der Waals surface area contributed by atoms with Gasteiger partial charge in [0, 0.05) is 5.41 Å². The van der Waals surface area contributed by atoms with Crippen molar-refractivity contribution in [3.63, 3.8) is 0 Å². The Balaban J connectivity index is 1.26. The number of hydrogen-bond donors (Lipinski definition) is 2. The first-order chi connectivity index (χ1) is 21.0. The van der Waals surface area contributed by atoms with Crippen LogP contribution in [0.2, 0.25) is 0 Å². The maximum Gasteiger partial charge on any atom is 0.206 e. The Hall–Kier alpha value is -4.05. The quantitative estimate of drug-likeness (QED) is 0.171. The van der Waals surface area contributed by atoms with E-state index in [1.54, 1.807) is 31.4 Å². The largest absolute Gasteiger partial charge is 0.497 e. The summed E-state index contributed by atoms with van der Waals surface area (Å²) in [7, 11) is -2.10. The highest BCUT2D eigenvalue weighted by Gasteiger charge is 2.23. The number of aliphatic hydroxyl groups excluding tert-OH is 2. The zero-order chi connectivity index (χ0) is 31.7. The average molecular weight is 621 g/mol. The topological polar surface area (TPSA) is 112 Å². The molecule has 0 spiro atoms. The molecule has 2 unspecified atom stereocenters. The summed E-state index contributed by atoms with van der Waals surface area (Å²) in [4.78, 5) is 0.238. The predicted molar refractivity (Wildman–Crippen MR) is 169 cm³/mol. The van der Waals surface area contributed by atoms with Crippen LogP contribution in [0, 0.1) is 0 Å². The van der Waals surface area contributed by atoms with Gasteiger partial charge in [0.1, 0.15) is 48.9 Å². The number of rotatable bonds is 15. The maximum absolute atomic E-state index is 13.0. The first-order valence-electron chi connectivity index (χ1n) is 14.5. The molecule has 0 saturated heterocycles. The number of ether oxygens (including phenoxy) is 4. The van der Waals surface area contributed by atoms with E-state index in [0.717, 1.165) is 16.9 Å². The molecule has 0 amide bonds. The minimum Gasteiger partial charge on any atom is -0.497 e. The first-order valence-corrected chi connectivity index (χ1v) is 16.0. The van der Waals surface area contributed by atoms with Crippen LogP contribution in [0.1, 0.15) is 38.3 Å². The van der Waals surface area contributed by atoms with E-state index in [0.29, 0.717) is 23.7 Å². The Morgan fingerprint density at radius 2 is 0.932 bits per heavy atom. The number of benzene rings is 4. The summed E-state index contributed by atoms with van der Waals surface area (Å²) in [6.07, 6.45) is -0.901. The standard InChI is InChI=1S/C35H40O8S/c1-5-27(36)22-41-31-14-18-33(19-15-31)44(38,39)34-20-16-32(17-21-34)43-24-28(37)23-42-30-12-8-26(9-13-30)35(2,3)25-6-10-29(40-4)11-7-25/h6-21,27-28,36-37H,5,22-24H2,1-4H3. The van der Waals surface area contributed by atoms with E-state index in [2.05, 4.69) is 26.0 Å². The Morgan fingerprint density at radius 1 is 0.591 bits per heavy atom. The Bertz CT molecular complexity index is 1560. The zero-order valence-corrected chi connectivity index (χ0v) is 26.3. The molecule has 0 aliphatic heterocycles. The summed E-state index contributed by atoms with van der Waals surface area (Å²) in [5, 5.41) is 20.0. The molecule has 0 fully saturated rings. The van der Waals surface area contributed by atoms with Gasteiger partial charge in [-0.05, 0) is 90.3 Å². The molecule has 0 radical (unpaired) electrons. The Kier molecular flexibility index (Phi) is 10.9. The molecule has 0 aliphatic carbocycles. The van der Waals surface area contributed by atoms with Gasteiger partial charge in [-0.25, -0.2) is 8.42 Å².